The van der Waals surface area contributed by atoms with E-state index in [0.29, 0.717) is 32.8 Å². The van der Waals surface area contributed by atoms with Crippen molar-refractivity contribution in [3.05, 3.63) is 63.6 Å². The molecule has 2 aromatic rings. The first-order chi connectivity index (χ1) is 17.0. The molecule has 11 heteroatoms. The zero-order valence-corrected chi connectivity index (χ0v) is 22.7. The Morgan fingerprint density at radius 1 is 1.08 bits per heavy atom. The summed E-state index contributed by atoms with van der Waals surface area (Å²) in [5.41, 5.74) is 0.663. The Bertz CT molecular complexity index is 1270. The molecule has 0 fully saturated rings. The van der Waals surface area contributed by atoms with Gasteiger partial charge in [0.1, 0.15) is 10.9 Å². The van der Waals surface area contributed by atoms with E-state index in [1.807, 2.05) is 13.8 Å². The van der Waals surface area contributed by atoms with Gasteiger partial charge in [-0.3, -0.25) is 14.4 Å². The summed E-state index contributed by atoms with van der Waals surface area (Å²) in [6.07, 6.45) is 0.748. The minimum Gasteiger partial charge on any atom is -0.352 e. The fourth-order valence-corrected chi connectivity index (χ4v) is 6.02. The number of sulfonamides is 1. The Morgan fingerprint density at radius 3 is 2.39 bits per heavy atom. The number of nitrogens with zero attached hydrogens (tertiary/aromatic N) is 2. The van der Waals surface area contributed by atoms with E-state index in [4.69, 9.17) is 23.2 Å². The maximum atomic E-state index is 13.5. The molecule has 194 valence electrons. The monoisotopic (exact) mass is 553 g/mol. The summed E-state index contributed by atoms with van der Waals surface area (Å²) in [6, 6.07) is 9.89. The summed E-state index contributed by atoms with van der Waals surface area (Å²) in [6.45, 7) is 5.27. The molecule has 2 atom stereocenters. The lowest BCUT2D eigenvalue weighted by atomic mass is 10.1. The van der Waals surface area contributed by atoms with Gasteiger partial charge in [0.05, 0.1) is 5.56 Å². The van der Waals surface area contributed by atoms with E-state index >= 15 is 0 Å². The van der Waals surface area contributed by atoms with Crippen LogP contribution in [0, 0.1) is 0 Å². The van der Waals surface area contributed by atoms with Crippen molar-refractivity contribution < 1.29 is 22.8 Å². The number of amides is 3. The highest BCUT2D eigenvalue weighted by atomic mass is 35.5. The highest BCUT2D eigenvalue weighted by Crippen LogP contribution is 2.30. The lowest BCUT2D eigenvalue weighted by Gasteiger charge is -2.32. The van der Waals surface area contributed by atoms with Gasteiger partial charge in [-0.2, -0.15) is 0 Å². The number of benzene rings is 2. The molecule has 8 nitrogen and oxygen atoms in total. The zero-order chi connectivity index (χ0) is 26.6. The van der Waals surface area contributed by atoms with Gasteiger partial charge >= 0.3 is 0 Å². The van der Waals surface area contributed by atoms with Crippen molar-refractivity contribution in [1.29, 1.82) is 0 Å². The number of hydrogen-bond acceptors (Lipinski definition) is 5. The first-order valence-corrected chi connectivity index (χ1v) is 13.9. The van der Waals surface area contributed by atoms with Gasteiger partial charge in [0.25, 0.3) is 15.9 Å². The normalized spacial score (nSPS) is 15.8. The minimum atomic E-state index is -4.05. The second kappa shape index (κ2) is 11.6. The summed E-state index contributed by atoms with van der Waals surface area (Å²) < 4.78 is 26.5. The van der Waals surface area contributed by atoms with E-state index in [2.05, 4.69) is 5.32 Å². The van der Waals surface area contributed by atoms with Crippen LogP contribution in [-0.2, 0) is 26.2 Å². The van der Waals surface area contributed by atoms with Gasteiger partial charge in [0.15, 0.2) is 0 Å². The fraction of sp³-hybridized carbons (Fsp3) is 0.400. The zero-order valence-electron chi connectivity index (χ0n) is 20.3. The second-order valence-electron chi connectivity index (χ2n) is 8.63. The van der Waals surface area contributed by atoms with Gasteiger partial charge in [0, 0.05) is 35.6 Å². The average molecular weight is 554 g/mol. The largest absolute Gasteiger partial charge is 0.352 e. The maximum absolute atomic E-state index is 13.5. The van der Waals surface area contributed by atoms with Crippen molar-refractivity contribution in [2.45, 2.75) is 63.6 Å². The van der Waals surface area contributed by atoms with Crippen LogP contribution in [-0.4, -0.2) is 54.0 Å². The van der Waals surface area contributed by atoms with Crippen LogP contribution >= 0.6 is 23.2 Å². The molecule has 36 heavy (non-hydrogen) atoms. The minimum absolute atomic E-state index is 0.0161. The first-order valence-electron chi connectivity index (χ1n) is 11.7. The molecule has 3 amide bonds. The lowest BCUT2D eigenvalue weighted by Crippen LogP contribution is -2.51. The number of carbonyl (C=O) groups is 3. The van der Waals surface area contributed by atoms with Gasteiger partial charge < -0.3 is 10.2 Å². The highest BCUT2D eigenvalue weighted by molar-refractivity contribution is 7.90. The van der Waals surface area contributed by atoms with Crippen molar-refractivity contribution in [1.82, 2.24) is 14.5 Å². The third kappa shape index (κ3) is 5.85. The predicted molar refractivity (Wildman–Crippen MR) is 138 cm³/mol. The molecular weight excluding hydrogens is 525 g/mol. The Balaban J connectivity index is 1.86. The van der Waals surface area contributed by atoms with Crippen LogP contribution in [0.5, 0.6) is 0 Å². The molecule has 0 saturated carbocycles. The molecule has 1 aliphatic rings. The van der Waals surface area contributed by atoms with Crippen molar-refractivity contribution in [2.75, 3.05) is 6.54 Å². The number of hydrogen-bond donors (Lipinski definition) is 1. The van der Waals surface area contributed by atoms with Crippen LogP contribution in [0.1, 0.15) is 56.0 Å². The molecule has 1 heterocycles. The molecule has 2 unspecified atom stereocenters. The molecule has 0 saturated heterocycles. The molecule has 0 spiro atoms. The predicted octanol–water partition coefficient (Wildman–Crippen LogP) is 4.25. The van der Waals surface area contributed by atoms with Gasteiger partial charge in [-0.05, 0) is 49.6 Å². The topological polar surface area (TPSA) is 104 Å². The SMILES string of the molecule is CCC(C)NC(=O)C(CC)N(Cc1ccc(Cl)cc1Cl)C(=O)CCN1C(=O)c2ccccc2S1(=O)=O. The molecule has 0 aliphatic carbocycles. The Hall–Kier alpha value is -2.62. The molecule has 1 aliphatic heterocycles. The van der Waals surface area contributed by atoms with Gasteiger partial charge in [0.2, 0.25) is 11.8 Å². The maximum Gasteiger partial charge on any atom is 0.269 e. The van der Waals surface area contributed by atoms with Crippen LogP contribution in [0.15, 0.2) is 47.4 Å². The molecule has 2 aromatic carbocycles. The van der Waals surface area contributed by atoms with E-state index in [-0.39, 0.29) is 41.9 Å². The molecule has 3 rings (SSSR count). The van der Waals surface area contributed by atoms with E-state index in [0.717, 1.165) is 0 Å². The molecule has 1 N–H and O–H groups in total. The van der Waals surface area contributed by atoms with Crippen LogP contribution in [0.2, 0.25) is 10.0 Å². The van der Waals surface area contributed by atoms with Crippen molar-refractivity contribution in [2.24, 2.45) is 0 Å². The Morgan fingerprint density at radius 2 is 1.78 bits per heavy atom. The summed E-state index contributed by atoms with van der Waals surface area (Å²) in [5.74, 6) is -1.47. The molecule has 0 radical (unpaired) electrons. The number of rotatable bonds is 10. The number of fused-ring (bicyclic) bond motifs is 1. The highest BCUT2D eigenvalue weighted by Gasteiger charge is 2.41. The van der Waals surface area contributed by atoms with Crippen LogP contribution in [0.4, 0.5) is 0 Å². The quantitative estimate of drug-likeness (QED) is 0.473. The lowest BCUT2D eigenvalue weighted by molar-refractivity contribution is -0.141. The van der Waals surface area contributed by atoms with E-state index in [1.165, 1.54) is 23.1 Å². The smallest absolute Gasteiger partial charge is 0.269 e. The number of halogens is 2. The summed E-state index contributed by atoms with van der Waals surface area (Å²) in [4.78, 5) is 40.6. The van der Waals surface area contributed by atoms with Crippen molar-refractivity contribution >= 4 is 50.9 Å². The van der Waals surface area contributed by atoms with E-state index < -0.39 is 27.9 Å². The number of nitrogens with one attached hydrogen (secondary N) is 1. The van der Waals surface area contributed by atoms with Crippen LogP contribution in [0.25, 0.3) is 0 Å². The molecule has 0 aromatic heterocycles. The van der Waals surface area contributed by atoms with Crippen LogP contribution in [0.3, 0.4) is 0 Å². The van der Waals surface area contributed by atoms with Gasteiger partial charge in [-0.25, -0.2) is 12.7 Å². The Labute approximate surface area is 221 Å². The van der Waals surface area contributed by atoms with E-state index in [1.54, 1.807) is 31.2 Å². The van der Waals surface area contributed by atoms with Crippen molar-refractivity contribution in [3.63, 3.8) is 0 Å². The standard InChI is InChI=1S/C25H29Cl2N3O5S/c1-4-16(3)28-24(32)21(5-2)29(15-17-10-11-18(26)14-20(17)27)23(31)12-13-30-25(33)19-8-6-7-9-22(19)36(30,34)35/h6-11,14,16,21H,4-5,12-13,15H2,1-3H3,(H,28,32). The van der Waals surface area contributed by atoms with Crippen LogP contribution < -0.4 is 5.32 Å². The van der Waals surface area contributed by atoms with Gasteiger partial charge in [-0.1, -0.05) is 55.2 Å². The van der Waals surface area contributed by atoms with Gasteiger partial charge in [-0.15, -0.1) is 0 Å². The fourth-order valence-electron chi connectivity index (χ4n) is 3.99. The second-order valence-corrected chi connectivity index (χ2v) is 11.3. The van der Waals surface area contributed by atoms with E-state index in [9.17, 15) is 22.8 Å². The summed E-state index contributed by atoms with van der Waals surface area (Å²) in [5, 5.41) is 3.68. The third-order valence-electron chi connectivity index (χ3n) is 6.18. The molecular formula is C25H29Cl2N3O5S. The number of carbonyl (C=O) groups excluding carboxylic acids is 3. The first kappa shape index (κ1) is 28.0. The van der Waals surface area contributed by atoms with Crippen molar-refractivity contribution in [3.8, 4) is 0 Å². The average Bonchev–Trinajstić information content (AvgIpc) is 3.03. The summed E-state index contributed by atoms with van der Waals surface area (Å²) in [7, 11) is -4.05. The molecule has 0 bridgehead atoms. The third-order valence-corrected chi connectivity index (χ3v) is 8.61. The Kier molecular flexibility index (Phi) is 9.03. The summed E-state index contributed by atoms with van der Waals surface area (Å²) >= 11 is 12.4.